The van der Waals surface area contributed by atoms with Crippen molar-refractivity contribution in [2.75, 3.05) is 13.1 Å². The van der Waals surface area contributed by atoms with Gasteiger partial charge in [0.25, 0.3) is 5.91 Å². The summed E-state index contributed by atoms with van der Waals surface area (Å²) in [7, 11) is 0. The Morgan fingerprint density at radius 2 is 1.74 bits per heavy atom. The van der Waals surface area contributed by atoms with Gasteiger partial charge in [-0.2, -0.15) is 5.10 Å². The summed E-state index contributed by atoms with van der Waals surface area (Å²) in [5, 5.41) is 8.92. The highest BCUT2D eigenvalue weighted by atomic mass is 16.2. The van der Waals surface area contributed by atoms with Crippen molar-refractivity contribution < 1.29 is 4.79 Å². The standard InChI is InChI=1S/C26H34N4O/c1-2-17-30-24-16-7-6-15-23(24)25(28-30)26(31)27-22-13-8-9-18-29(19-10-14-22)20-21-11-4-3-5-12-21/h3-7,11-12,15-16,22H,2,8-10,13-14,17-20H2,1H3,(H,27,31). The second-order valence-electron chi connectivity index (χ2n) is 8.66. The van der Waals surface area contributed by atoms with Crippen LogP contribution in [0.5, 0.6) is 0 Å². The smallest absolute Gasteiger partial charge is 0.272 e. The number of rotatable bonds is 6. The molecule has 1 saturated heterocycles. The number of benzene rings is 2. The Morgan fingerprint density at radius 1 is 1.00 bits per heavy atom. The number of amides is 1. The molecule has 0 spiro atoms. The number of carbonyl (C=O) groups excluding carboxylic acids is 1. The van der Waals surface area contributed by atoms with E-state index >= 15 is 0 Å². The maximum absolute atomic E-state index is 13.1. The van der Waals surface area contributed by atoms with E-state index in [2.05, 4.69) is 58.6 Å². The summed E-state index contributed by atoms with van der Waals surface area (Å²) >= 11 is 0. The minimum atomic E-state index is -0.0311. The largest absolute Gasteiger partial charge is 0.348 e. The third-order valence-electron chi connectivity index (χ3n) is 6.20. The van der Waals surface area contributed by atoms with E-state index in [0.717, 1.165) is 69.2 Å². The van der Waals surface area contributed by atoms with Gasteiger partial charge in [-0.15, -0.1) is 0 Å². The summed E-state index contributed by atoms with van der Waals surface area (Å²) in [5.41, 5.74) is 2.98. The minimum absolute atomic E-state index is 0.0311. The Morgan fingerprint density at radius 3 is 2.58 bits per heavy atom. The molecular formula is C26H34N4O. The molecule has 1 amide bonds. The molecular weight excluding hydrogens is 384 g/mol. The first-order chi connectivity index (χ1) is 15.2. The molecule has 1 unspecified atom stereocenters. The third-order valence-corrected chi connectivity index (χ3v) is 6.20. The Bertz CT molecular complexity index is 981. The first kappa shape index (κ1) is 21.6. The molecule has 3 aromatic rings. The van der Waals surface area contributed by atoms with Crippen LogP contribution in [0.3, 0.4) is 0 Å². The van der Waals surface area contributed by atoms with Gasteiger partial charge in [0, 0.05) is 24.5 Å². The Balaban J connectivity index is 1.38. The molecule has 5 heteroatoms. The Kier molecular flexibility index (Phi) is 7.36. The predicted octanol–water partition coefficient (Wildman–Crippen LogP) is 5.01. The van der Waals surface area contributed by atoms with E-state index in [0.29, 0.717) is 5.69 Å². The second-order valence-corrected chi connectivity index (χ2v) is 8.66. The fourth-order valence-electron chi connectivity index (χ4n) is 4.62. The molecule has 0 saturated carbocycles. The van der Waals surface area contributed by atoms with Crippen LogP contribution in [-0.4, -0.2) is 39.7 Å². The molecule has 4 rings (SSSR count). The number of aryl methyl sites for hydroxylation is 1. The molecule has 2 heterocycles. The van der Waals surface area contributed by atoms with E-state index in [1.54, 1.807) is 0 Å². The van der Waals surface area contributed by atoms with Crippen molar-refractivity contribution in [3.63, 3.8) is 0 Å². The molecule has 0 aliphatic carbocycles. The monoisotopic (exact) mass is 418 g/mol. The normalized spacial score (nSPS) is 18.3. The minimum Gasteiger partial charge on any atom is -0.348 e. The van der Waals surface area contributed by atoms with Gasteiger partial charge in [-0.1, -0.05) is 61.9 Å². The lowest BCUT2D eigenvalue weighted by atomic mass is 10.0. The number of para-hydroxylation sites is 1. The molecule has 1 aliphatic heterocycles. The van der Waals surface area contributed by atoms with Crippen molar-refractivity contribution in [1.29, 1.82) is 0 Å². The molecule has 1 N–H and O–H groups in total. The van der Waals surface area contributed by atoms with Crippen LogP contribution >= 0.6 is 0 Å². The summed E-state index contributed by atoms with van der Waals surface area (Å²) in [5.74, 6) is -0.0311. The summed E-state index contributed by atoms with van der Waals surface area (Å²) in [6.07, 6.45) is 6.47. The van der Waals surface area contributed by atoms with Crippen LogP contribution in [0.4, 0.5) is 0 Å². The molecule has 0 radical (unpaired) electrons. The summed E-state index contributed by atoms with van der Waals surface area (Å²) in [6, 6.07) is 19.0. The van der Waals surface area contributed by atoms with Crippen molar-refractivity contribution in [2.24, 2.45) is 0 Å². The molecule has 2 aromatic carbocycles. The highest BCUT2D eigenvalue weighted by Gasteiger charge is 2.21. The van der Waals surface area contributed by atoms with Gasteiger partial charge >= 0.3 is 0 Å². The highest BCUT2D eigenvalue weighted by molar-refractivity contribution is 6.04. The van der Waals surface area contributed by atoms with Crippen LogP contribution in [0, 0.1) is 0 Å². The van der Waals surface area contributed by atoms with Gasteiger partial charge in [0.05, 0.1) is 5.52 Å². The number of hydrogen-bond acceptors (Lipinski definition) is 3. The van der Waals surface area contributed by atoms with Gasteiger partial charge in [-0.3, -0.25) is 14.4 Å². The highest BCUT2D eigenvalue weighted by Crippen LogP contribution is 2.20. The second kappa shape index (κ2) is 10.6. The van der Waals surface area contributed by atoms with Gasteiger partial charge in [-0.05, 0) is 56.8 Å². The molecule has 5 nitrogen and oxygen atoms in total. The van der Waals surface area contributed by atoms with Crippen molar-refractivity contribution in [2.45, 2.75) is 64.6 Å². The zero-order valence-corrected chi connectivity index (χ0v) is 18.6. The fourth-order valence-corrected chi connectivity index (χ4v) is 4.62. The van der Waals surface area contributed by atoms with Crippen molar-refractivity contribution in [3.8, 4) is 0 Å². The van der Waals surface area contributed by atoms with Gasteiger partial charge in [0.15, 0.2) is 5.69 Å². The number of hydrogen-bond donors (Lipinski definition) is 1. The summed E-state index contributed by atoms with van der Waals surface area (Å²) < 4.78 is 1.97. The number of nitrogens with one attached hydrogen (secondary N) is 1. The van der Waals surface area contributed by atoms with E-state index in [1.165, 1.54) is 12.0 Å². The van der Waals surface area contributed by atoms with Gasteiger partial charge in [-0.25, -0.2) is 0 Å². The number of aromatic nitrogens is 2. The maximum Gasteiger partial charge on any atom is 0.272 e. The quantitative estimate of drug-likeness (QED) is 0.612. The molecule has 0 bridgehead atoms. The van der Waals surface area contributed by atoms with E-state index in [1.807, 2.05) is 22.9 Å². The van der Waals surface area contributed by atoms with Crippen LogP contribution in [0.25, 0.3) is 10.9 Å². The van der Waals surface area contributed by atoms with Crippen LogP contribution in [0.2, 0.25) is 0 Å². The van der Waals surface area contributed by atoms with Crippen molar-refractivity contribution in [1.82, 2.24) is 20.0 Å². The van der Waals surface area contributed by atoms with Crippen molar-refractivity contribution in [3.05, 3.63) is 65.9 Å². The lowest BCUT2D eigenvalue weighted by Gasteiger charge is -2.21. The van der Waals surface area contributed by atoms with Crippen molar-refractivity contribution >= 4 is 16.8 Å². The van der Waals surface area contributed by atoms with E-state index in [9.17, 15) is 4.79 Å². The first-order valence-corrected chi connectivity index (χ1v) is 11.8. The van der Waals surface area contributed by atoms with Crippen LogP contribution < -0.4 is 5.32 Å². The lowest BCUT2D eigenvalue weighted by molar-refractivity contribution is 0.0927. The number of nitrogens with zero attached hydrogens (tertiary/aromatic N) is 3. The predicted molar refractivity (Wildman–Crippen MR) is 126 cm³/mol. The average Bonchev–Trinajstić information content (AvgIpc) is 3.19. The average molecular weight is 419 g/mol. The molecule has 31 heavy (non-hydrogen) atoms. The van der Waals surface area contributed by atoms with Crippen LogP contribution in [0.1, 0.15) is 61.5 Å². The SMILES string of the molecule is CCCn1nc(C(=O)NC2CCCCN(Cc3ccccc3)CCC2)c2ccccc21. The van der Waals surface area contributed by atoms with Crippen LogP contribution in [-0.2, 0) is 13.1 Å². The van der Waals surface area contributed by atoms with Gasteiger partial charge < -0.3 is 5.32 Å². The summed E-state index contributed by atoms with van der Waals surface area (Å²) in [4.78, 5) is 15.7. The van der Waals surface area contributed by atoms with Gasteiger partial charge in [0.2, 0.25) is 0 Å². The van der Waals surface area contributed by atoms with E-state index < -0.39 is 0 Å². The fraction of sp³-hybridized carbons (Fsp3) is 0.462. The van der Waals surface area contributed by atoms with Gasteiger partial charge in [0.1, 0.15) is 0 Å². The third kappa shape index (κ3) is 5.53. The Labute approximate surface area is 185 Å². The van der Waals surface area contributed by atoms with Crippen LogP contribution in [0.15, 0.2) is 54.6 Å². The molecule has 1 fully saturated rings. The Hall–Kier alpha value is -2.66. The number of carbonyl (C=O) groups is 1. The molecule has 1 aromatic heterocycles. The number of fused-ring (bicyclic) bond motifs is 1. The topological polar surface area (TPSA) is 50.2 Å². The molecule has 164 valence electrons. The first-order valence-electron chi connectivity index (χ1n) is 11.8. The van der Waals surface area contributed by atoms with E-state index in [4.69, 9.17) is 0 Å². The van der Waals surface area contributed by atoms with E-state index in [-0.39, 0.29) is 11.9 Å². The zero-order valence-electron chi connectivity index (χ0n) is 18.6. The summed E-state index contributed by atoms with van der Waals surface area (Å²) in [6.45, 7) is 6.18. The lowest BCUT2D eigenvalue weighted by Crippen LogP contribution is -2.35. The zero-order chi connectivity index (χ0) is 21.5. The molecule has 1 atom stereocenters. The maximum atomic E-state index is 13.1. The molecule has 1 aliphatic rings.